The third kappa shape index (κ3) is 3.86. The summed E-state index contributed by atoms with van der Waals surface area (Å²) in [5.41, 5.74) is 2.49. The number of aryl methyl sites for hydroxylation is 1. The topological polar surface area (TPSA) is 24.9 Å². The van der Waals surface area contributed by atoms with E-state index >= 15 is 0 Å². The van der Waals surface area contributed by atoms with E-state index in [1.54, 1.807) is 0 Å². The molecule has 26 heavy (non-hydrogen) atoms. The number of rotatable bonds is 8. The first kappa shape index (κ1) is 18.1. The molecule has 0 bridgehead atoms. The zero-order valence-corrected chi connectivity index (χ0v) is 17.4. The first-order chi connectivity index (χ1) is 12.8. The second kappa shape index (κ2) is 8.18. The molecule has 0 saturated heterocycles. The number of hydrogen-bond donors (Lipinski definition) is 1. The van der Waals surface area contributed by atoms with Gasteiger partial charge in [0.2, 0.25) is 0 Å². The van der Waals surface area contributed by atoms with Crippen molar-refractivity contribution in [1.29, 1.82) is 0 Å². The first-order valence-electron chi connectivity index (χ1n) is 10.1. The quantitative estimate of drug-likeness (QED) is 0.405. The Hall–Kier alpha value is -1.26. The number of nitrogens with one attached hydrogen (secondary N) is 1. The lowest BCUT2D eigenvalue weighted by Gasteiger charge is -2.09. The number of anilines is 1. The van der Waals surface area contributed by atoms with Crippen LogP contribution in [0.1, 0.15) is 63.8 Å². The van der Waals surface area contributed by atoms with Crippen molar-refractivity contribution in [3.05, 3.63) is 29.3 Å². The molecule has 2 nitrogen and oxygen atoms in total. The molecule has 1 atom stereocenters. The minimum atomic E-state index is 0.540. The zero-order valence-electron chi connectivity index (χ0n) is 15.8. The van der Waals surface area contributed by atoms with Crippen LogP contribution in [0.25, 0.3) is 21.0 Å². The summed E-state index contributed by atoms with van der Waals surface area (Å²) >= 11 is 3.87. The van der Waals surface area contributed by atoms with E-state index in [-0.39, 0.29) is 0 Å². The van der Waals surface area contributed by atoms with Crippen molar-refractivity contribution in [2.24, 2.45) is 0 Å². The van der Waals surface area contributed by atoms with Crippen molar-refractivity contribution < 1.29 is 0 Å². The molecular formula is C22H28N2S2. The molecule has 1 aromatic heterocycles. The molecule has 1 aliphatic rings. The second-order valence-electron chi connectivity index (χ2n) is 7.33. The molecule has 0 radical (unpaired) electrons. The first-order valence-corrected chi connectivity index (χ1v) is 11.8. The van der Waals surface area contributed by atoms with Gasteiger partial charge >= 0.3 is 0 Å². The van der Waals surface area contributed by atoms with E-state index in [0.29, 0.717) is 5.37 Å². The second-order valence-corrected chi connectivity index (χ2v) is 9.69. The Labute approximate surface area is 164 Å². The average molecular weight is 385 g/mol. The predicted octanol–water partition coefficient (Wildman–Crippen LogP) is 7.61. The summed E-state index contributed by atoms with van der Waals surface area (Å²) in [6.07, 6.45) is 10.1. The molecule has 3 aromatic rings. The molecule has 2 aromatic carbocycles. The fraction of sp³-hybridized carbons (Fsp3) is 0.500. The summed E-state index contributed by atoms with van der Waals surface area (Å²) in [4.78, 5) is 6.29. The lowest BCUT2D eigenvalue weighted by atomic mass is 10.1. The molecule has 1 aliphatic heterocycles. The van der Waals surface area contributed by atoms with Crippen LogP contribution in [0.15, 0.2) is 29.2 Å². The monoisotopic (exact) mass is 384 g/mol. The van der Waals surface area contributed by atoms with Crippen molar-refractivity contribution in [3.63, 3.8) is 0 Å². The van der Waals surface area contributed by atoms with Gasteiger partial charge in [-0.2, -0.15) is 0 Å². The van der Waals surface area contributed by atoms with Gasteiger partial charge in [-0.25, -0.2) is 4.98 Å². The van der Waals surface area contributed by atoms with Crippen LogP contribution in [0.2, 0.25) is 0 Å². The van der Waals surface area contributed by atoms with Gasteiger partial charge in [0.15, 0.2) is 0 Å². The van der Waals surface area contributed by atoms with E-state index < -0.39 is 0 Å². The summed E-state index contributed by atoms with van der Waals surface area (Å²) in [6, 6.07) is 9.32. The Morgan fingerprint density at radius 3 is 2.62 bits per heavy atom. The number of hydrogen-bond acceptors (Lipinski definition) is 4. The lowest BCUT2D eigenvalue weighted by molar-refractivity contribution is 0.671. The smallest absolute Gasteiger partial charge is 0.0938 e. The molecule has 0 aliphatic carbocycles. The molecule has 138 valence electrons. The Bertz CT molecular complexity index is 837. The molecule has 0 fully saturated rings. The predicted molar refractivity (Wildman–Crippen MR) is 118 cm³/mol. The number of unbranched alkanes of at least 4 members (excludes halogenated alkanes) is 4. The fourth-order valence-electron chi connectivity index (χ4n) is 3.66. The third-order valence-electron chi connectivity index (χ3n) is 5.14. The number of nitrogens with zero attached hydrogens (tertiary/aromatic N) is 1. The lowest BCUT2D eigenvalue weighted by Crippen LogP contribution is -2.09. The number of thiazole rings is 1. The van der Waals surface area contributed by atoms with Gasteiger partial charge in [-0.15, -0.1) is 11.3 Å². The zero-order chi connectivity index (χ0) is 17.9. The number of aromatic nitrogens is 1. The molecule has 4 heteroatoms. The highest BCUT2D eigenvalue weighted by molar-refractivity contribution is 8.00. The van der Waals surface area contributed by atoms with E-state index in [1.807, 2.05) is 23.1 Å². The highest BCUT2D eigenvalue weighted by Gasteiger charge is 2.21. The molecule has 0 spiro atoms. The maximum atomic E-state index is 4.89. The van der Waals surface area contributed by atoms with Crippen LogP contribution in [0, 0.1) is 0 Å². The van der Waals surface area contributed by atoms with Gasteiger partial charge in [-0.3, -0.25) is 0 Å². The largest absolute Gasteiger partial charge is 0.372 e. The van der Waals surface area contributed by atoms with Crippen molar-refractivity contribution in [1.82, 2.24) is 4.98 Å². The van der Waals surface area contributed by atoms with Gasteiger partial charge in [0.25, 0.3) is 0 Å². The Kier molecular flexibility index (Phi) is 5.70. The van der Waals surface area contributed by atoms with Gasteiger partial charge in [0.1, 0.15) is 0 Å². The highest BCUT2D eigenvalue weighted by atomic mass is 32.2. The SMILES string of the molecule is CCCCCc1nc2cc3cc4c(cc3cc2s1)NC(CCCCC)S4. The van der Waals surface area contributed by atoms with Crippen LogP contribution in [0.5, 0.6) is 0 Å². The molecule has 0 amide bonds. The van der Waals surface area contributed by atoms with E-state index in [2.05, 4.69) is 43.4 Å². The third-order valence-corrected chi connectivity index (χ3v) is 7.45. The maximum Gasteiger partial charge on any atom is 0.0938 e. The van der Waals surface area contributed by atoms with E-state index in [9.17, 15) is 0 Å². The number of thioether (sulfide) groups is 1. The van der Waals surface area contributed by atoms with E-state index in [4.69, 9.17) is 4.98 Å². The molecule has 0 saturated carbocycles. The van der Waals surface area contributed by atoms with Crippen molar-refractivity contribution in [2.45, 2.75) is 75.5 Å². The van der Waals surface area contributed by atoms with Crippen LogP contribution in [0.3, 0.4) is 0 Å². The molecular weight excluding hydrogens is 356 g/mol. The molecule has 1 N–H and O–H groups in total. The van der Waals surface area contributed by atoms with Gasteiger partial charge in [-0.1, -0.05) is 57.7 Å². The molecule has 4 rings (SSSR count). The van der Waals surface area contributed by atoms with Gasteiger partial charge < -0.3 is 5.32 Å². The highest BCUT2D eigenvalue weighted by Crippen LogP contribution is 2.43. The van der Waals surface area contributed by atoms with Gasteiger partial charge in [0, 0.05) is 10.6 Å². The van der Waals surface area contributed by atoms with E-state index in [1.165, 1.54) is 81.5 Å². The van der Waals surface area contributed by atoms with Crippen LogP contribution in [-0.4, -0.2) is 10.4 Å². The molecule has 1 unspecified atom stereocenters. The van der Waals surface area contributed by atoms with Crippen LogP contribution in [-0.2, 0) is 6.42 Å². The minimum Gasteiger partial charge on any atom is -0.372 e. The van der Waals surface area contributed by atoms with Crippen molar-refractivity contribution in [3.8, 4) is 0 Å². The van der Waals surface area contributed by atoms with Gasteiger partial charge in [-0.05, 0) is 54.3 Å². The van der Waals surface area contributed by atoms with Crippen molar-refractivity contribution >= 4 is 49.8 Å². The number of fused-ring (bicyclic) bond motifs is 3. The Morgan fingerprint density at radius 1 is 0.962 bits per heavy atom. The fourth-order valence-corrected chi connectivity index (χ4v) is 5.92. The minimum absolute atomic E-state index is 0.540. The Morgan fingerprint density at radius 2 is 1.77 bits per heavy atom. The Balaban J connectivity index is 1.56. The van der Waals surface area contributed by atoms with Gasteiger partial charge in [0.05, 0.1) is 20.6 Å². The summed E-state index contributed by atoms with van der Waals surface area (Å²) in [6.45, 7) is 4.52. The summed E-state index contributed by atoms with van der Waals surface area (Å²) < 4.78 is 1.33. The van der Waals surface area contributed by atoms with Crippen LogP contribution < -0.4 is 5.32 Å². The molecule has 2 heterocycles. The van der Waals surface area contributed by atoms with E-state index in [0.717, 1.165) is 6.42 Å². The van der Waals surface area contributed by atoms with Crippen LogP contribution >= 0.6 is 23.1 Å². The maximum absolute atomic E-state index is 4.89. The van der Waals surface area contributed by atoms with Crippen molar-refractivity contribution in [2.75, 3.05) is 5.32 Å². The summed E-state index contributed by atoms with van der Waals surface area (Å²) in [5.74, 6) is 0. The standard InChI is InChI=1S/C22H28N2S2/c1-3-5-7-9-21-23-17-11-15-14-20-18(12-16(15)13-19(17)25-21)24-22(26-20)10-8-6-4-2/h11-14,21,23H,3-10H2,1-2H3. The number of benzene rings is 2. The summed E-state index contributed by atoms with van der Waals surface area (Å²) in [5, 5.41) is 8.21. The summed E-state index contributed by atoms with van der Waals surface area (Å²) in [7, 11) is 0. The average Bonchev–Trinajstić information content (AvgIpc) is 3.20. The normalized spacial score (nSPS) is 16.3. The van der Waals surface area contributed by atoms with Crippen LogP contribution in [0.4, 0.5) is 5.69 Å².